The molecule has 4 rings (SSSR count). The van der Waals surface area contributed by atoms with E-state index in [2.05, 4.69) is 5.32 Å². The first-order chi connectivity index (χ1) is 16.6. The summed E-state index contributed by atoms with van der Waals surface area (Å²) in [5.41, 5.74) is 2.87. The van der Waals surface area contributed by atoms with E-state index >= 15 is 0 Å². The predicted molar refractivity (Wildman–Crippen MR) is 139 cm³/mol. The van der Waals surface area contributed by atoms with Crippen LogP contribution in [0.3, 0.4) is 0 Å². The predicted octanol–water partition coefficient (Wildman–Crippen LogP) is 2.35. The number of allylic oxidation sites excluding steroid dienone is 2. The largest absolute Gasteiger partial charge is 0.870 e. The van der Waals surface area contributed by atoms with Crippen LogP contribution in [0.1, 0.15) is 24.3 Å². The molecule has 0 aliphatic carbocycles. The smallest absolute Gasteiger partial charge is 0.870 e. The maximum absolute atomic E-state index is 11.2. The number of aryl methyl sites for hydroxylation is 2. The topological polar surface area (TPSA) is 177 Å². The number of rotatable bonds is 10. The molecule has 11 nitrogen and oxygen atoms in total. The summed E-state index contributed by atoms with van der Waals surface area (Å²) in [5.74, 6) is 0.888. The molecule has 1 aliphatic rings. The molecule has 0 amide bonds. The number of nitrogens with one attached hydrogen (secondary N) is 1. The van der Waals surface area contributed by atoms with Crippen molar-refractivity contribution in [2.24, 2.45) is 0 Å². The van der Waals surface area contributed by atoms with Crippen molar-refractivity contribution in [3.05, 3.63) is 72.0 Å². The molecule has 0 spiro atoms. The zero-order chi connectivity index (χ0) is 25.1. The van der Waals surface area contributed by atoms with Crippen LogP contribution >= 0.6 is 0 Å². The maximum Gasteiger partial charge on any atom is -0.870 e. The summed E-state index contributed by atoms with van der Waals surface area (Å²) in [7, 11) is -8.21. The zero-order valence-electron chi connectivity index (χ0n) is 19.1. The third kappa shape index (κ3) is 8.99. The van der Waals surface area contributed by atoms with E-state index in [0.29, 0.717) is 35.0 Å². The second kappa shape index (κ2) is 13.5. The second-order valence-corrected chi connectivity index (χ2v) is 11.1. The monoisotopic (exact) mass is 578 g/mol. The number of aromatic nitrogens is 1. The number of ether oxygens (including phenoxy) is 1. The van der Waals surface area contributed by atoms with Crippen molar-refractivity contribution in [2.45, 2.75) is 25.8 Å². The van der Waals surface area contributed by atoms with Crippen LogP contribution in [-0.4, -0.2) is 94.3 Å². The first-order valence-corrected chi connectivity index (χ1v) is 14.1. The molecule has 196 valence electrons. The second-order valence-electron chi connectivity index (χ2n) is 8.00. The summed E-state index contributed by atoms with van der Waals surface area (Å²) in [6, 6.07) is 12.9. The summed E-state index contributed by atoms with van der Waals surface area (Å²) in [6.45, 7) is 0.235. The molecule has 0 saturated carbocycles. The normalized spacial score (nSPS) is 14.2. The van der Waals surface area contributed by atoms with Gasteiger partial charge in [0.2, 0.25) is 5.58 Å². The Balaban J connectivity index is 0.00000241. The molecule has 0 saturated heterocycles. The van der Waals surface area contributed by atoms with Gasteiger partial charge in [-0.3, -0.25) is 9.11 Å². The van der Waals surface area contributed by atoms with Gasteiger partial charge in [-0.1, -0.05) is 24.3 Å². The average Bonchev–Trinajstić information content (AvgIpc) is 3.33. The molecule has 0 unspecified atom stereocenters. The molecule has 37 heavy (non-hydrogen) atoms. The van der Waals surface area contributed by atoms with Gasteiger partial charge in [-0.15, -0.1) is 0 Å². The molecule has 2 heterocycles. The molecule has 3 aromatic rings. The van der Waals surface area contributed by atoms with Gasteiger partial charge in [0.25, 0.3) is 25.8 Å². The summed E-state index contributed by atoms with van der Waals surface area (Å²) >= 11 is 0. The Hall–Kier alpha value is -1.59. The Morgan fingerprint density at radius 2 is 1.65 bits per heavy atom. The Labute approximate surface area is 257 Å². The van der Waals surface area contributed by atoms with E-state index in [1.54, 1.807) is 34.9 Å². The van der Waals surface area contributed by atoms with E-state index in [0.717, 1.165) is 11.3 Å². The van der Waals surface area contributed by atoms with Crippen molar-refractivity contribution in [3.8, 4) is 5.75 Å². The van der Waals surface area contributed by atoms with Gasteiger partial charge in [-0.05, 0) is 43.2 Å². The summed E-state index contributed by atoms with van der Waals surface area (Å²) in [5, 5.41) is 3.14. The van der Waals surface area contributed by atoms with Gasteiger partial charge in [-0.2, -0.15) is 21.4 Å². The van der Waals surface area contributed by atoms with Crippen LogP contribution in [0, 0.1) is 0 Å². The van der Waals surface area contributed by atoms with Gasteiger partial charge >= 0.3 is 57.3 Å². The molecule has 1 aliphatic heterocycles. The van der Waals surface area contributed by atoms with Crippen molar-refractivity contribution in [3.63, 3.8) is 0 Å². The number of para-hydroxylation sites is 3. The van der Waals surface area contributed by atoms with E-state index in [1.165, 1.54) is 0 Å². The third-order valence-electron chi connectivity index (χ3n) is 5.32. The van der Waals surface area contributed by atoms with E-state index in [-0.39, 0.29) is 82.0 Å². The fraction of sp³-hybridized carbons (Fsp3) is 0.261. The van der Waals surface area contributed by atoms with E-state index in [9.17, 15) is 16.8 Å². The summed E-state index contributed by atoms with van der Waals surface area (Å²) in [6.07, 6.45) is 5.86. The number of fused-ring (bicyclic) bond motifs is 2. The number of nitrogens with zero attached hydrogens (tertiary/aromatic N) is 1. The molecule has 4 N–H and O–H groups in total. The Morgan fingerprint density at radius 3 is 2.35 bits per heavy atom. The van der Waals surface area contributed by atoms with Gasteiger partial charge < -0.3 is 19.9 Å². The minimum absolute atomic E-state index is 0. The van der Waals surface area contributed by atoms with E-state index in [4.69, 9.17) is 18.3 Å². The summed E-state index contributed by atoms with van der Waals surface area (Å²) in [4.78, 5) is 0. The quantitative estimate of drug-likeness (QED) is 0.184. The molecule has 0 bridgehead atoms. The van der Waals surface area contributed by atoms with E-state index in [1.807, 2.05) is 30.3 Å². The Bertz CT molecular complexity index is 1490. The number of hydrogen-bond acceptors (Lipinski definition) is 8. The van der Waals surface area contributed by atoms with Crippen molar-refractivity contribution < 1.29 is 45.1 Å². The fourth-order valence-electron chi connectivity index (χ4n) is 3.86. The first-order valence-electron chi connectivity index (χ1n) is 10.9. The van der Waals surface area contributed by atoms with Gasteiger partial charge in [-0.25, -0.2) is 0 Å². The number of hydrogen-bond donors (Lipinski definition) is 3. The number of benzene rings is 2. The van der Waals surface area contributed by atoms with Crippen molar-refractivity contribution >= 4 is 94.5 Å². The third-order valence-corrected chi connectivity index (χ3v) is 6.93. The molecular weight excluding hydrogens is 551 g/mol. The maximum atomic E-state index is 11.2. The van der Waals surface area contributed by atoms with Gasteiger partial charge in [0.1, 0.15) is 0 Å². The average molecular weight is 579 g/mol. The Morgan fingerprint density at radius 1 is 0.946 bits per heavy atom. The summed E-state index contributed by atoms with van der Waals surface area (Å²) < 4.78 is 76.4. The standard InChI is InChI=1S/C23H24N2O8S2.K.H2O.H/c26-34(27,28)15-5-8-17-7-3-11-20-23(17)25(14-6-16-35(29,30)31)22(33-20)13-4-12-21-24-18-9-1-2-10-19(18)32-21;;;/h1-4,7,9-13H,5-6,8,14-16H2,(H2,26,27,28,29,30,31);;1H2;. The van der Waals surface area contributed by atoms with Crippen LogP contribution in [0.4, 0.5) is 5.69 Å². The molecule has 0 atom stereocenters. The molecule has 0 fully saturated rings. The van der Waals surface area contributed by atoms with Crippen LogP contribution in [0.15, 0.2) is 64.9 Å². The SMILES string of the molecule is O=S(=O)(O)CCCc1cccc2oc(C=CC=C3Nc4ccccc4O3)[n+](CCCS(=O)(=O)O)c12.[KH].[OH-]. The zero-order valence-corrected chi connectivity index (χ0v) is 20.7. The van der Waals surface area contributed by atoms with Crippen LogP contribution in [0.2, 0.25) is 0 Å². The Kier molecular flexibility index (Phi) is 11.5. The number of anilines is 1. The molecule has 1 aromatic heterocycles. The van der Waals surface area contributed by atoms with Crippen molar-refractivity contribution in [1.29, 1.82) is 0 Å². The van der Waals surface area contributed by atoms with Crippen LogP contribution in [0.5, 0.6) is 5.75 Å². The minimum atomic E-state index is -4.13. The fourth-order valence-corrected chi connectivity index (χ4v) is 4.86. The molecular formula is C23H27KN2O9S2. The van der Waals surface area contributed by atoms with Crippen molar-refractivity contribution in [1.82, 2.24) is 0 Å². The van der Waals surface area contributed by atoms with E-state index < -0.39 is 26.0 Å². The van der Waals surface area contributed by atoms with Gasteiger partial charge in [0.05, 0.1) is 23.3 Å². The van der Waals surface area contributed by atoms with Gasteiger partial charge in [0, 0.05) is 12.0 Å². The number of oxazole rings is 1. The van der Waals surface area contributed by atoms with Crippen LogP contribution in [-0.2, 0) is 33.2 Å². The van der Waals surface area contributed by atoms with Crippen LogP contribution < -0.4 is 14.6 Å². The first kappa shape index (κ1) is 31.6. The minimum Gasteiger partial charge on any atom is -0.870 e. The van der Waals surface area contributed by atoms with Crippen molar-refractivity contribution in [2.75, 3.05) is 16.8 Å². The van der Waals surface area contributed by atoms with Gasteiger partial charge in [0.15, 0.2) is 18.2 Å². The molecule has 14 heteroatoms. The molecule has 2 aromatic carbocycles. The van der Waals surface area contributed by atoms with Crippen LogP contribution in [0.25, 0.3) is 17.2 Å². The molecule has 0 radical (unpaired) electrons.